The summed E-state index contributed by atoms with van der Waals surface area (Å²) in [5.41, 5.74) is -1.29. The van der Waals surface area contributed by atoms with Gasteiger partial charge in [0.05, 0.1) is 30.5 Å². The molecule has 0 aromatic carbocycles. The molecule has 28 heavy (non-hydrogen) atoms. The molecule has 0 saturated heterocycles. The second-order valence-electron chi connectivity index (χ2n) is 8.10. The van der Waals surface area contributed by atoms with Crippen molar-refractivity contribution in [3.8, 4) is 0 Å². The zero-order chi connectivity index (χ0) is 22.4. The van der Waals surface area contributed by atoms with Gasteiger partial charge in [0.15, 0.2) is 0 Å². The number of hydrogen-bond donors (Lipinski definition) is 1. The fraction of sp³-hybridized carbons (Fsp3) is 0.842. The summed E-state index contributed by atoms with van der Waals surface area (Å²) in [5, 5.41) is 8.25. The molecule has 0 fully saturated rings. The number of esters is 2. The van der Waals surface area contributed by atoms with Crippen LogP contribution in [-0.4, -0.2) is 37.2 Å². The van der Waals surface area contributed by atoms with Crippen molar-refractivity contribution in [2.45, 2.75) is 77.2 Å². The standard InChI is InChI=1S/2C6H12O2.C5H10O2.2CH4.2HI.V/c2*1-6(2,3)5(7)8-4;1-5(2,3)4(6)7;;;;;/h2*1-4H3;1-3H3,(H,6,7);2*1H4;2*1H;/q;;;;;;;+2/p-2. The Hall–Kier alpha value is 0.454. The summed E-state index contributed by atoms with van der Waals surface area (Å²) < 4.78 is 8.95. The molecule has 173 valence electrons. The van der Waals surface area contributed by atoms with Crippen LogP contribution in [0.4, 0.5) is 0 Å². The maximum atomic E-state index is 10.6. The molecule has 1 N–H and O–H groups in total. The van der Waals surface area contributed by atoms with Gasteiger partial charge in [-0.15, -0.1) is 0 Å². The van der Waals surface area contributed by atoms with E-state index >= 15 is 0 Å². The van der Waals surface area contributed by atoms with Crippen LogP contribution < -0.4 is 0 Å². The van der Waals surface area contributed by atoms with Crippen LogP contribution in [0.25, 0.3) is 0 Å². The Morgan fingerprint density at radius 3 is 0.821 bits per heavy atom. The van der Waals surface area contributed by atoms with E-state index in [4.69, 9.17) is 5.11 Å². The molecule has 0 amide bonds. The molecule has 0 radical (unpaired) electrons. The molecule has 0 heterocycles. The van der Waals surface area contributed by atoms with Crippen LogP contribution in [0.15, 0.2) is 0 Å². The van der Waals surface area contributed by atoms with E-state index in [-0.39, 0.29) is 37.6 Å². The molecular formula is C19H42I2O6V. The third-order valence-electron chi connectivity index (χ3n) is 2.24. The first-order valence-electron chi connectivity index (χ1n) is 7.65. The molecule has 6 nitrogen and oxygen atoms in total. The van der Waals surface area contributed by atoms with Gasteiger partial charge < -0.3 is 14.6 Å². The van der Waals surface area contributed by atoms with Gasteiger partial charge in [0.2, 0.25) is 0 Å². The molecule has 0 aliphatic carbocycles. The predicted octanol–water partition coefficient (Wildman–Crippen LogP) is 6.57. The second kappa shape index (κ2) is 20.7. The fourth-order valence-corrected chi connectivity index (χ4v) is 0.612. The topological polar surface area (TPSA) is 89.9 Å². The summed E-state index contributed by atoms with van der Waals surface area (Å²) in [4.78, 5) is 31.2. The molecule has 0 unspecified atom stereocenters. The van der Waals surface area contributed by atoms with E-state index in [0.717, 1.165) is 0 Å². The summed E-state index contributed by atoms with van der Waals surface area (Å²) in [5.74, 6) is -1.09. The molecule has 0 aromatic heterocycles. The first kappa shape index (κ1) is 42.5. The monoisotopic (exact) mass is 671 g/mol. The van der Waals surface area contributed by atoms with E-state index in [1.54, 1.807) is 20.8 Å². The first-order chi connectivity index (χ1) is 11.3. The quantitative estimate of drug-likeness (QED) is 0.232. The summed E-state index contributed by atoms with van der Waals surface area (Å²) in [7, 11) is 3.42. The van der Waals surface area contributed by atoms with Gasteiger partial charge in [-0.25, -0.2) is 0 Å². The van der Waals surface area contributed by atoms with Crippen molar-refractivity contribution < 1.29 is 38.4 Å². The number of carbonyl (C=O) groups is 3. The van der Waals surface area contributed by atoms with Gasteiger partial charge in [-0.05, 0) is 62.3 Å². The van der Waals surface area contributed by atoms with Gasteiger partial charge in [0.25, 0.3) is 0 Å². The zero-order valence-corrected chi connectivity index (χ0v) is 23.4. The Labute approximate surface area is 202 Å². The minimum atomic E-state index is -0.757. The van der Waals surface area contributed by atoms with Gasteiger partial charge in [0, 0.05) is 0 Å². The Kier molecular flexibility index (Phi) is 31.5. The van der Waals surface area contributed by atoms with E-state index in [1.165, 1.54) is 14.2 Å². The van der Waals surface area contributed by atoms with Crippen LogP contribution >= 0.6 is 40.0 Å². The van der Waals surface area contributed by atoms with Crippen LogP contribution in [0.3, 0.4) is 0 Å². The number of rotatable bonds is 0. The molecule has 0 spiro atoms. The zero-order valence-electron chi connectivity index (χ0n) is 17.7. The summed E-state index contributed by atoms with van der Waals surface area (Å²) in [6.07, 6.45) is 0. The van der Waals surface area contributed by atoms with Crippen LogP contribution in [0, 0.1) is 16.2 Å². The van der Waals surface area contributed by atoms with E-state index in [1.807, 2.05) is 41.5 Å². The van der Waals surface area contributed by atoms with E-state index in [0.29, 0.717) is 9.47 Å². The SMILES string of the molecule is C.C.CC(C)(C)C(=O)O.COC(=O)C(C)(C)C.COC(=O)C(C)(C)C.[I][V][I]. The van der Waals surface area contributed by atoms with Crippen molar-refractivity contribution >= 4 is 57.9 Å². The van der Waals surface area contributed by atoms with Gasteiger partial charge in [-0.2, -0.15) is 0 Å². The fourth-order valence-electron chi connectivity index (χ4n) is 0.612. The normalized spacial score (nSPS) is 9.61. The summed E-state index contributed by atoms with van der Waals surface area (Å²) in [6.45, 7) is 15.9. The predicted molar refractivity (Wildman–Crippen MR) is 132 cm³/mol. The summed E-state index contributed by atoms with van der Waals surface area (Å²) in [6, 6.07) is 0. The minimum absolute atomic E-state index is 0. The average Bonchev–Trinajstić information content (AvgIpc) is 2.44. The number of ether oxygens (including phenoxy) is 2. The second-order valence-corrected chi connectivity index (χ2v) is 19.9. The molecule has 0 aliphatic heterocycles. The number of carbonyl (C=O) groups excluding carboxylic acids is 2. The van der Waals surface area contributed by atoms with Crippen molar-refractivity contribution in [2.24, 2.45) is 16.2 Å². The van der Waals surface area contributed by atoms with Crippen molar-refractivity contribution in [2.75, 3.05) is 14.2 Å². The number of halogens is 2. The van der Waals surface area contributed by atoms with Gasteiger partial charge in [-0.1, -0.05) is 14.9 Å². The van der Waals surface area contributed by atoms with Crippen LogP contribution in [0.1, 0.15) is 77.2 Å². The number of hydrogen-bond acceptors (Lipinski definition) is 5. The number of aliphatic carboxylic acids is 1. The van der Waals surface area contributed by atoms with E-state index in [9.17, 15) is 14.4 Å². The Morgan fingerprint density at radius 2 is 0.821 bits per heavy atom. The number of carboxylic acids is 1. The molecule has 0 bridgehead atoms. The molecule has 0 aromatic rings. The number of methoxy groups -OCH3 is 2. The number of carboxylic acid groups (broad SMARTS) is 1. The average molecular weight is 671 g/mol. The molecule has 0 rings (SSSR count). The van der Waals surface area contributed by atoms with E-state index in [2.05, 4.69) is 49.4 Å². The molecule has 0 atom stereocenters. The van der Waals surface area contributed by atoms with Crippen LogP contribution in [0.2, 0.25) is 0 Å². The van der Waals surface area contributed by atoms with Gasteiger partial charge >= 0.3 is 67.3 Å². The molecule has 9 heteroatoms. The maximum absolute atomic E-state index is 10.6. The third kappa shape index (κ3) is 34.0. The van der Waals surface area contributed by atoms with Crippen LogP contribution in [-0.2, 0) is 33.3 Å². The third-order valence-corrected chi connectivity index (χ3v) is 2.24. The Bertz CT molecular complexity index is 382. The van der Waals surface area contributed by atoms with Crippen molar-refractivity contribution in [1.82, 2.24) is 0 Å². The van der Waals surface area contributed by atoms with Crippen LogP contribution in [0.5, 0.6) is 0 Å². The van der Waals surface area contributed by atoms with Crippen molar-refractivity contribution in [3.63, 3.8) is 0 Å². The van der Waals surface area contributed by atoms with E-state index < -0.39 is 11.4 Å². The molecule has 0 saturated carbocycles. The molecule has 0 aliphatic rings. The Morgan fingerprint density at radius 1 is 0.679 bits per heavy atom. The van der Waals surface area contributed by atoms with Crippen molar-refractivity contribution in [3.05, 3.63) is 0 Å². The van der Waals surface area contributed by atoms with Crippen molar-refractivity contribution in [1.29, 1.82) is 0 Å². The molecular weight excluding hydrogens is 629 g/mol. The summed E-state index contributed by atoms with van der Waals surface area (Å²) >= 11 is 4.74. The van der Waals surface area contributed by atoms with Gasteiger partial charge in [0.1, 0.15) is 0 Å². The Balaban J connectivity index is -0.0000000586. The first-order valence-corrected chi connectivity index (χ1v) is 16.7. The van der Waals surface area contributed by atoms with Gasteiger partial charge in [-0.3, -0.25) is 14.4 Å².